The van der Waals surface area contributed by atoms with E-state index in [2.05, 4.69) is 5.32 Å². The average Bonchev–Trinajstić information content (AvgIpc) is 3.34. The van der Waals surface area contributed by atoms with Crippen molar-refractivity contribution in [1.29, 1.82) is 0 Å². The quantitative estimate of drug-likeness (QED) is 0.297. The Morgan fingerprint density at radius 3 is 2.46 bits per heavy atom. The molecule has 1 aromatic rings. The van der Waals surface area contributed by atoms with Gasteiger partial charge in [-0.25, -0.2) is 0 Å². The van der Waals surface area contributed by atoms with Crippen molar-refractivity contribution < 1.29 is 34.8 Å². The predicted octanol–water partition coefficient (Wildman–Crippen LogP) is 1.20. The highest BCUT2D eigenvalue weighted by atomic mass is 16.3. The number of likely N-dealkylation sites (N-methyl/N-ethyl adjacent to an activating group) is 1. The van der Waals surface area contributed by atoms with Gasteiger partial charge in [0, 0.05) is 11.5 Å². The summed E-state index contributed by atoms with van der Waals surface area (Å²) in [5.74, 6) is -6.36. The van der Waals surface area contributed by atoms with Crippen LogP contribution in [0.25, 0.3) is 5.76 Å². The highest BCUT2D eigenvalue weighted by molar-refractivity contribution is 6.28. The highest BCUT2D eigenvalue weighted by Gasteiger charge is 2.59. The van der Waals surface area contributed by atoms with E-state index in [1.54, 1.807) is 31.1 Å². The monoisotopic (exact) mass is 511 g/mol. The molecule has 0 bridgehead atoms. The topological polar surface area (TPSA) is 151 Å². The number of phenols is 1. The van der Waals surface area contributed by atoms with E-state index in [9.17, 15) is 34.8 Å². The van der Waals surface area contributed by atoms with E-state index in [0.717, 1.165) is 25.9 Å². The lowest BCUT2D eigenvalue weighted by molar-refractivity contribution is -0.140. The molecule has 1 amide bonds. The molecule has 37 heavy (non-hydrogen) atoms. The van der Waals surface area contributed by atoms with Crippen LogP contribution in [0.2, 0.25) is 0 Å². The second-order valence-electron chi connectivity index (χ2n) is 10.9. The van der Waals surface area contributed by atoms with Gasteiger partial charge in [-0.2, -0.15) is 0 Å². The van der Waals surface area contributed by atoms with E-state index in [4.69, 9.17) is 0 Å². The Morgan fingerprint density at radius 1 is 1.14 bits per heavy atom. The van der Waals surface area contributed by atoms with E-state index in [-0.39, 0.29) is 35.5 Å². The molecule has 1 saturated heterocycles. The molecule has 2 fully saturated rings. The average molecular weight is 512 g/mol. The fraction of sp³-hybridized carbons (Fsp3) is 0.519. The van der Waals surface area contributed by atoms with Gasteiger partial charge in [0.15, 0.2) is 11.6 Å². The van der Waals surface area contributed by atoms with Crippen LogP contribution in [-0.4, -0.2) is 87.6 Å². The van der Waals surface area contributed by atoms with Crippen molar-refractivity contribution in [3.05, 3.63) is 46.2 Å². The molecule has 0 aromatic heterocycles. The molecule has 3 aliphatic carbocycles. The van der Waals surface area contributed by atoms with Gasteiger partial charge in [0.1, 0.15) is 22.8 Å². The van der Waals surface area contributed by atoms with Crippen LogP contribution >= 0.6 is 0 Å². The summed E-state index contributed by atoms with van der Waals surface area (Å²) in [5.41, 5.74) is -1.99. The largest absolute Gasteiger partial charge is 0.510 e. The summed E-state index contributed by atoms with van der Waals surface area (Å²) in [7, 11) is 3.38. The zero-order valence-electron chi connectivity index (χ0n) is 21.2. The van der Waals surface area contributed by atoms with E-state index >= 15 is 0 Å². The summed E-state index contributed by atoms with van der Waals surface area (Å²) in [6.07, 6.45) is 2.14. The second kappa shape index (κ2) is 8.97. The number of ketones is 2. The molecule has 4 unspecified atom stereocenters. The molecular formula is C27H33N3O7. The first-order chi connectivity index (χ1) is 17.5. The van der Waals surface area contributed by atoms with Crippen molar-refractivity contribution in [2.45, 2.75) is 37.8 Å². The van der Waals surface area contributed by atoms with Crippen LogP contribution < -0.4 is 5.32 Å². The van der Waals surface area contributed by atoms with Crippen LogP contribution in [-0.2, 0) is 20.0 Å². The standard InChI is InChI=1S/C27H33N3O7/c1-27(37)14-7-6-8-16(31)18(14)24(34)19-15(27)11-13-17(22(19)32)23(33)20(25(35)21(13)29(2)3)26(36)28-12-30-9-4-5-10-30/h6-8,13,15,17,21,31,34-35,37H,4-5,9-12H2,1-3H3,(H,28,36)/t13?,15?,17-,21?,27?/m1/s1. The maximum absolute atomic E-state index is 13.9. The number of rotatable bonds is 4. The minimum Gasteiger partial charge on any atom is -0.510 e. The maximum atomic E-state index is 13.9. The van der Waals surface area contributed by atoms with E-state index in [0.29, 0.717) is 0 Å². The Bertz CT molecular complexity index is 1240. The summed E-state index contributed by atoms with van der Waals surface area (Å²) < 4.78 is 0. The molecule has 198 valence electrons. The van der Waals surface area contributed by atoms with Crippen LogP contribution in [0, 0.1) is 17.8 Å². The lowest BCUT2D eigenvalue weighted by Crippen LogP contribution is -2.58. The van der Waals surface area contributed by atoms with Gasteiger partial charge in [-0.1, -0.05) is 12.1 Å². The third kappa shape index (κ3) is 3.77. The van der Waals surface area contributed by atoms with Crippen LogP contribution in [0.5, 0.6) is 5.75 Å². The highest BCUT2D eigenvalue weighted by Crippen LogP contribution is 2.55. The number of carbonyl (C=O) groups excluding carboxylic acids is 3. The SMILES string of the molecule is CN(C)C1C(O)=C(C(=O)NCN2CCCC2)C(=O)[C@H]2C(=O)C3=C(O)c4c(O)cccc4C(C)(O)C3CC12. The first-order valence-electron chi connectivity index (χ1n) is 12.6. The van der Waals surface area contributed by atoms with E-state index in [1.165, 1.54) is 13.0 Å². The number of hydrogen-bond acceptors (Lipinski definition) is 9. The number of benzene rings is 1. The number of aromatic hydroxyl groups is 1. The van der Waals surface area contributed by atoms with Crippen molar-refractivity contribution in [1.82, 2.24) is 15.1 Å². The summed E-state index contributed by atoms with van der Waals surface area (Å²) in [5, 5.41) is 47.1. The molecule has 10 heteroatoms. The van der Waals surface area contributed by atoms with Crippen molar-refractivity contribution in [2.75, 3.05) is 33.9 Å². The molecule has 5 atom stereocenters. The fourth-order valence-electron chi connectivity index (χ4n) is 6.71. The number of nitrogens with one attached hydrogen (secondary N) is 1. The molecule has 1 saturated carbocycles. The van der Waals surface area contributed by atoms with Crippen LogP contribution in [0.3, 0.4) is 0 Å². The summed E-state index contributed by atoms with van der Waals surface area (Å²) in [6.45, 7) is 3.39. The summed E-state index contributed by atoms with van der Waals surface area (Å²) in [6, 6.07) is 3.64. The number of aliphatic hydroxyl groups is 3. The minimum absolute atomic E-state index is 0.0417. The van der Waals surface area contributed by atoms with Crippen molar-refractivity contribution in [2.24, 2.45) is 17.8 Å². The molecule has 5 N–H and O–H groups in total. The van der Waals surface area contributed by atoms with Crippen molar-refractivity contribution in [3.63, 3.8) is 0 Å². The normalized spacial score (nSPS) is 31.9. The Morgan fingerprint density at radius 2 is 1.81 bits per heavy atom. The zero-order chi connectivity index (χ0) is 26.8. The van der Waals surface area contributed by atoms with Gasteiger partial charge in [-0.05, 0) is 70.9 Å². The molecule has 0 radical (unpaired) electrons. The maximum Gasteiger partial charge on any atom is 0.259 e. The fourth-order valence-corrected chi connectivity index (χ4v) is 6.71. The van der Waals surface area contributed by atoms with Crippen molar-refractivity contribution >= 4 is 23.2 Å². The Hall–Kier alpha value is -3.21. The molecular weight excluding hydrogens is 478 g/mol. The Labute approximate surface area is 214 Å². The minimum atomic E-state index is -1.64. The van der Waals surface area contributed by atoms with Gasteiger partial charge in [0.25, 0.3) is 5.91 Å². The van der Waals surface area contributed by atoms with Crippen LogP contribution in [0.4, 0.5) is 0 Å². The van der Waals surface area contributed by atoms with Gasteiger partial charge >= 0.3 is 0 Å². The molecule has 1 heterocycles. The number of aliphatic hydroxyl groups excluding tert-OH is 2. The van der Waals surface area contributed by atoms with E-state index in [1.807, 2.05) is 4.90 Å². The number of carbonyl (C=O) groups is 3. The van der Waals surface area contributed by atoms with Crippen LogP contribution in [0.15, 0.2) is 35.1 Å². The predicted molar refractivity (Wildman–Crippen MR) is 133 cm³/mol. The van der Waals surface area contributed by atoms with Gasteiger partial charge in [0.2, 0.25) is 0 Å². The molecule has 10 nitrogen and oxygen atoms in total. The first kappa shape index (κ1) is 25.4. The zero-order valence-corrected chi connectivity index (χ0v) is 21.2. The summed E-state index contributed by atoms with van der Waals surface area (Å²) >= 11 is 0. The number of amides is 1. The van der Waals surface area contributed by atoms with E-state index < -0.39 is 64.0 Å². The first-order valence-corrected chi connectivity index (χ1v) is 12.6. The van der Waals surface area contributed by atoms with Gasteiger partial charge in [0.05, 0.1) is 29.8 Å². The van der Waals surface area contributed by atoms with Gasteiger partial charge < -0.3 is 25.7 Å². The van der Waals surface area contributed by atoms with Gasteiger partial charge in [-0.3, -0.25) is 24.2 Å². The summed E-state index contributed by atoms with van der Waals surface area (Å²) in [4.78, 5) is 44.5. The third-order valence-electron chi connectivity index (χ3n) is 8.51. The van der Waals surface area contributed by atoms with Crippen molar-refractivity contribution in [3.8, 4) is 5.75 Å². The number of hydrogen-bond donors (Lipinski definition) is 5. The Balaban J connectivity index is 1.58. The number of Topliss-reactive ketones (excluding diaryl/α,β-unsaturated/α-hetero) is 2. The number of nitrogens with zero attached hydrogens (tertiary/aromatic N) is 2. The molecule has 5 rings (SSSR count). The second-order valence-corrected chi connectivity index (χ2v) is 10.9. The lowest BCUT2D eigenvalue weighted by Gasteiger charge is -2.50. The molecule has 1 aliphatic heterocycles. The smallest absolute Gasteiger partial charge is 0.259 e. The Kier molecular flexibility index (Phi) is 6.17. The molecule has 0 spiro atoms. The number of phenolic OH excluding ortho intramolecular Hbond substituents is 1. The molecule has 4 aliphatic rings. The molecule has 1 aromatic carbocycles. The third-order valence-corrected chi connectivity index (χ3v) is 8.51. The van der Waals surface area contributed by atoms with Crippen LogP contribution in [0.1, 0.15) is 37.3 Å². The number of likely N-dealkylation sites (tertiary alicyclic amines) is 1. The lowest BCUT2D eigenvalue weighted by atomic mass is 9.56. The van der Waals surface area contributed by atoms with Gasteiger partial charge in [-0.15, -0.1) is 0 Å². The number of fused-ring (bicyclic) bond motifs is 3.